The van der Waals surface area contributed by atoms with E-state index in [1.165, 1.54) is 6.20 Å². The van der Waals surface area contributed by atoms with E-state index in [0.717, 1.165) is 11.0 Å². The van der Waals surface area contributed by atoms with E-state index in [0.29, 0.717) is 12.0 Å². The predicted octanol–water partition coefficient (Wildman–Crippen LogP) is 1.90. The second kappa shape index (κ2) is 7.42. The van der Waals surface area contributed by atoms with Crippen LogP contribution in [-0.2, 0) is 4.79 Å². The summed E-state index contributed by atoms with van der Waals surface area (Å²) in [6.45, 7) is 8.06. The van der Waals surface area contributed by atoms with Gasteiger partial charge in [-0.25, -0.2) is 9.67 Å². The van der Waals surface area contributed by atoms with Gasteiger partial charge in [0.1, 0.15) is 6.04 Å². The van der Waals surface area contributed by atoms with Gasteiger partial charge in [-0.3, -0.25) is 9.59 Å². The lowest BCUT2D eigenvalue weighted by molar-refractivity contribution is -0.122. The van der Waals surface area contributed by atoms with Gasteiger partial charge in [-0.1, -0.05) is 13.8 Å². The monoisotopic (exact) mass is 331 g/mol. The summed E-state index contributed by atoms with van der Waals surface area (Å²) >= 11 is 0. The highest BCUT2D eigenvalue weighted by Crippen LogP contribution is 2.17. The van der Waals surface area contributed by atoms with Gasteiger partial charge in [-0.2, -0.15) is 5.10 Å². The van der Waals surface area contributed by atoms with Crippen molar-refractivity contribution in [2.24, 2.45) is 5.92 Å². The Hall–Kier alpha value is -2.44. The van der Waals surface area contributed by atoms with Crippen LogP contribution in [0.3, 0.4) is 0 Å². The van der Waals surface area contributed by atoms with E-state index in [1.807, 2.05) is 32.4 Å². The fourth-order valence-corrected chi connectivity index (χ4v) is 2.56. The van der Waals surface area contributed by atoms with Crippen LogP contribution in [0, 0.1) is 5.92 Å². The number of carbonyl (C=O) groups excluding carboxylic acids is 2. The fraction of sp³-hybridized carbons (Fsp3) is 0.529. The molecule has 0 saturated heterocycles. The van der Waals surface area contributed by atoms with Crippen LogP contribution < -0.4 is 10.6 Å². The van der Waals surface area contributed by atoms with Crippen molar-refractivity contribution in [3.63, 3.8) is 0 Å². The molecule has 130 valence electrons. The molecule has 2 rings (SSSR count). The standard InChI is InChI=1S/C17H25N5O2/c1-10(2)6-14(17(24)18-5)21-16(23)13-7-12-9-20-22(11(3)4)15(12)19-8-13/h7-11,14H,6H2,1-5H3,(H,18,24)(H,21,23). The second-order valence-corrected chi connectivity index (χ2v) is 6.59. The maximum atomic E-state index is 12.5. The van der Waals surface area contributed by atoms with E-state index in [-0.39, 0.29) is 23.8 Å². The molecule has 7 nitrogen and oxygen atoms in total. The molecule has 2 aromatic rings. The number of carbonyl (C=O) groups is 2. The molecule has 24 heavy (non-hydrogen) atoms. The molecule has 2 amide bonds. The van der Waals surface area contributed by atoms with Crippen molar-refractivity contribution in [1.82, 2.24) is 25.4 Å². The zero-order valence-corrected chi connectivity index (χ0v) is 14.8. The van der Waals surface area contributed by atoms with Crippen LogP contribution in [0.5, 0.6) is 0 Å². The van der Waals surface area contributed by atoms with Crippen LogP contribution >= 0.6 is 0 Å². The first-order valence-electron chi connectivity index (χ1n) is 8.19. The zero-order valence-electron chi connectivity index (χ0n) is 14.8. The molecule has 0 bridgehead atoms. The molecule has 2 heterocycles. The fourth-order valence-electron chi connectivity index (χ4n) is 2.56. The Morgan fingerprint density at radius 2 is 1.92 bits per heavy atom. The summed E-state index contributed by atoms with van der Waals surface area (Å²) in [7, 11) is 1.57. The third kappa shape index (κ3) is 3.90. The molecule has 0 fully saturated rings. The van der Waals surface area contributed by atoms with Crippen molar-refractivity contribution in [3.8, 4) is 0 Å². The van der Waals surface area contributed by atoms with Gasteiger partial charge in [0.15, 0.2) is 5.65 Å². The summed E-state index contributed by atoms with van der Waals surface area (Å²) in [6.07, 6.45) is 3.80. The summed E-state index contributed by atoms with van der Waals surface area (Å²) in [5.74, 6) is -0.216. The van der Waals surface area contributed by atoms with E-state index in [2.05, 4.69) is 20.7 Å². The van der Waals surface area contributed by atoms with E-state index in [1.54, 1.807) is 19.3 Å². The van der Waals surface area contributed by atoms with Crippen molar-refractivity contribution >= 4 is 22.8 Å². The van der Waals surface area contributed by atoms with Gasteiger partial charge in [0.05, 0.1) is 11.8 Å². The summed E-state index contributed by atoms with van der Waals surface area (Å²) in [5.41, 5.74) is 1.16. The van der Waals surface area contributed by atoms with Gasteiger partial charge in [0, 0.05) is 24.7 Å². The minimum atomic E-state index is -0.559. The Balaban J connectivity index is 2.22. The number of nitrogens with one attached hydrogen (secondary N) is 2. The number of hydrogen-bond donors (Lipinski definition) is 2. The molecule has 0 radical (unpaired) electrons. The van der Waals surface area contributed by atoms with E-state index in [4.69, 9.17) is 0 Å². The van der Waals surface area contributed by atoms with Gasteiger partial charge in [-0.15, -0.1) is 0 Å². The van der Waals surface area contributed by atoms with Gasteiger partial charge in [-0.05, 0) is 32.3 Å². The topological polar surface area (TPSA) is 88.9 Å². The van der Waals surface area contributed by atoms with Crippen LogP contribution in [-0.4, -0.2) is 39.7 Å². The molecular formula is C17H25N5O2. The van der Waals surface area contributed by atoms with E-state index >= 15 is 0 Å². The summed E-state index contributed by atoms with van der Waals surface area (Å²) in [5, 5.41) is 10.5. The number of pyridine rings is 1. The molecule has 0 saturated carbocycles. The third-order valence-electron chi connectivity index (χ3n) is 3.76. The van der Waals surface area contributed by atoms with Crippen molar-refractivity contribution in [1.29, 1.82) is 0 Å². The van der Waals surface area contributed by atoms with E-state index in [9.17, 15) is 9.59 Å². The number of rotatable bonds is 6. The summed E-state index contributed by atoms with van der Waals surface area (Å²) < 4.78 is 1.81. The first kappa shape index (κ1) is 17.9. The SMILES string of the molecule is CNC(=O)C(CC(C)C)NC(=O)c1cnc2c(cnn2C(C)C)c1. The van der Waals surface area contributed by atoms with Gasteiger partial charge in [0.2, 0.25) is 5.91 Å². The van der Waals surface area contributed by atoms with Gasteiger partial charge < -0.3 is 10.6 Å². The van der Waals surface area contributed by atoms with Crippen LogP contribution in [0.1, 0.15) is 50.5 Å². The van der Waals surface area contributed by atoms with Crippen LogP contribution in [0.2, 0.25) is 0 Å². The minimum absolute atomic E-state index is 0.193. The summed E-state index contributed by atoms with van der Waals surface area (Å²) in [4.78, 5) is 28.8. The molecule has 0 aromatic carbocycles. The number of likely N-dealkylation sites (N-methyl/N-ethyl adjacent to an activating group) is 1. The maximum absolute atomic E-state index is 12.5. The highest BCUT2D eigenvalue weighted by molar-refractivity contribution is 5.99. The average Bonchev–Trinajstić information content (AvgIpc) is 2.96. The number of nitrogens with zero attached hydrogens (tertiary/aromatic N) is 3. The highest BCUT2D eigenvalue weighted by atomic mass is 16.2. The van der Waals surface area contributed by atoms with Gasteiger partial charge in [0.25, 0.3) is 5.91 Å². The lowest BCUT2D eigenvalue weighted by Gasteiger charge is -2.19. The number of fused-ring (bicyclic) bond motifs is 1. The first-order chi connectivity index (χ1) is 11.3. The zero-order chi connectivity index (χ0) is 17.9. The van der Waals surface area contributed by atoms with Crippen molar-refractivity contribution < 1.29 is 9.59 Å². The molecule has 0 aliphatic rings. The maximum Gasteiger partial charge on any atom is 0.253 e. The lowest BCUT2D eigenvalue weighted by Crippen LogP contribution is -2.46. The van der Waals surface area contributed by atoms with Gasteiger partial charge >= 0.3 is 0 Å². The predicted molar refractivity (Wildman–Crippen MR) is 92.7 cm³/mol. The highest BCUT2D eigenvalue weighted by Gasteiger charge is 2.22. The normalized spacial score (nSPS) is 12.6. The molecule has 1 unspecified atom stereocenters. The van der Waals surface area contributed by atoms with Crippen LogP contribution in [0.4, 0.5) is 0 Å². The summed E-state index contributed by atoms with van der Waals surface area (Å²) in [6, 6.07) is 1.38. The minimum Gasteiger partial charge on any atom is -0.357 e. The number of aromatic nitrogens is 3. The molecule has 1 atom stereocenters. The van der Waals surface area contributed by atoms with Crippen molar-refractivity contribution in [2.45, 2.75) is 46.2 Å². The Kier molecular flexibility index (Phi) is 5.54. The largest absolute Gasteiger partial charge is 0.357 e. The average molecular weight is 331 g/mol. The van der Waals surface area contributed by atoms with Crippen molar-refractivity contribution in [2.75, 3.05) is 7.05 Å². The number of amides is 2. The number of hydrogen-bond acceptors (Lipinski definition) is 4. The molecule has 2 aromatic heterocycles. The Morgan fingerprint density at radius 1 is 1.21 bits per heavy atom. The quantitative estimate of drug-likeness (QED) is 0.846. The van der Waals surface area contributed by atoms with Crippen LogP contribution in [0.15, 0.2) is 18.5 Å². The lowest BCUT2D eigenvalue weighted by atomic mass is 10.0. The molecule has 7 heteroatoms. The molecular weight excluding hydrogens is 306 g/mol. The molecule has 0 spiro atoms. The Labute approximate surface area is 141 Å². The second-order valence-electron chi connectivity index (χ2n) is 6.59. The van der Waals surface area contributed by atoms with Crippen LogP contribution in [0.25, 0.3) is 11.0 Å². The Bertz CT molecular complexity index is 736. The molecule has 0 aliphatic heterocycles. The first-order valence-corrected chi connectivity index (χ1v) is 8.19. The smallest absolute Gasteiger partial charge is 0.253 e. The Morgan fingerprint density at radius 3 is 2.50 bits per heavy atom. The third-order valence-corrected chi connectivity index (χ3v) is 3.76. The van der Waals surface area contributed by atoms with E-state index < -0.39 is 6.04 Å². The molecule has 2 N–H and O–H groups in total. The molecule has 0 aliphatic carbocycles. The van der Waals surface area contributed by atoms with Crippen molar-refractivity contribution in [3.05, 3.63) is 24.0 Å².